The van der Waals surface area contributed by atoms with E-state index in [-0.39, 0.29) is 42.0 Å². The topological polar surface area (TPSA) is 69.2 Å². The second-order valence-corrected chi connectivity index (χ2v) is 6.87. The van der Waals surface area contributed by atoms with Gasteiger partial charge in [0.2, 0.25) is 5.91 Å². The number of likely N-dealkylation sites (N-methyl/N-ethyl adjacent to an activating group) is 1. The summed E-state index contributed by atoms with van der Waals surface area (Å²) in [5.74, 6) is 0.843. The minimum atomic E-state index is 0. The predicted molar refractivity (Wildman–Crippen MR) is 112 cm³/mol. The third kappa shape index (κ3) is 6.56. The fourth-order valence-electron chi connectivity index (χ4n) is 3.34. The summed E-state index contributed by atoms with van der Waals surface area (Å²) in [6, 6.07) is 0. The van der Waals surface area contributed by atoms with Crippen LogP contribution in [0, 0.1) is 0 Å². The summed E-state index contributed by atoms with van der Waals surface area (Å²) in [6.45, 7) is 7.17. The molecule has 0 bridgehead atoms. The van der Waals surface area contributed by atoms with E-state index in [1.807, 2.05) is 11.8 Å². The maximum atomic E-state index is 12.2. The number of nitrogens with one attached hydrogen (secondary N) is 2. The van der Waals surface area contributed by atoms with Crippen molar-refractivity contribution in [2.45, 2.75) is 38.1 Å². The molecule has 1 amide bonds. The first-order valence-corrected chi connectivity index (χ1v) is 9.12. The Morgan fingerprint density at radius 2 is 1.84 bits per heavy atom. The van der Waals surface area contributed by atoms with Gasteiger partial charge in [-0.2, -0.15) is 0 Å². The van der Waals surface area contributed by atoms with Crippen molar-refractivity contribution >= 4 is 35.8 Å². The number of amides is 1. The number of hydrogen-bond acceptors (Lipinski definition) is 4. The summed E-state index contributed by atoms with van der Waals surface area (Å²) in [7, 11) is 4.24. The van der Waals surface area contributed by atoms with Crippen molar-refractivity contribution in [3.05, 3.63) is 0 Å². The number of aliphatic imine (C=N–C) groups is 1. The SMILES string of the molecule is CCNC(=NCC(=O)N1CCCC1)NCC1(N(C)C)CCOCC1.I. The van der Waals surface area contributed by atoms with Crippen LogP contribution in [0.2, 0.25) is 0 Å². The van der Waals surface area contributed by atoms with Gasteiger partial charge in [0, 0.05) is 44.9 Å². The molecular weight excluding hydrogens is 433 g/mol. The van der Waals surface area contributed by atoms with Crippen LogP contribution in [0.3, 0.4) is 0 Å². The average molecular weight is 467 g/mol. The lowest BCUT2D eigenvalue weighted by atomic mass is 9.88. The molecule has 0 aliphatic carbocycles. The molecule has 2 aliphatic heterocycles. The smallest absolute Gasteiger partial charge is 0.244 e. The zero-order valence-electron chi connectivity index (χ0n) is 15.8. The molecule has 7 nitrogen and oxygen atoms in total. The lowest BCUT2D eigenvalue weighted by Crippen LogP contribution is -2.57. The van der Waals surface area contributed by atoms with Gasteiger partial charge in [0.05, 0.1) is 0 Å². The Hall–Kier alpha value is -0.610. The van der Waals surface area contributed by atoms with Crippen LogP contribution < -0.4 is 10.6 Å². The van der Waals surface area contributed by atoms with E-state index in [1.54, 1.807) is 0 Å². The molecule has 2 aliphatic rings. The number of carbonyl (C=O) groups is 1. The first kappa shape index (κ1) is 22.4. The van der Waals surface area contributed by atoms with Crippen molar-refractivity contribution in [3.63, 3.8) is 0 Å². The Kier molecular flexibility index (Phi) is 10.0. The van der Waals surface area contributed by atoms with E-state index in [9.17, 15) is 4.79 Å². The van der Waals surface area contributed by atoms with Crippen molar-refractivity contribution in [1.82, 2.24) is 20.4 Å². The molecule has 2 N–H and O–H groups in total. The minimum Gasteiger partial charge on any atom is -0.381 e. The van der Waals surface area contributed by atoms with Gasteiger partial charge in [-0.1, -0.05) is 0 Å². The average Bonchev–Trinajstić information content (AvgIpc) is 3.12. The Labute approximate surface area is 169 Å². The maximum Gasteiger partial charge on any atom is 0.244 e. The number of likely N-dealkylation sites (tertiary alicyclic amines) is 1. The van der Waals surface area contributed by atoms with Gasteiger partial charge in [-0.15, -0.1) is 24.0 Å². The van der Waals surface area contributed by atoms with Crippen LogP contribution in [0.4, 0.5) is 0 Å². The fourth-order valence-corrected chi connectivity index (χ4v) is 3.34. The molecule has 0 atom stereocenters. The van der Waals surface area contributed by atoms with Crippen molar-refractivity contribution in [2.75, 3.05) is 60.0 Å². The van der Waals surface area contributed by atoms with Gasteiger partial charge in [0.15, 0.2) is 5.96 Å². The summed E-state index contributed by atoms with van der Waals surface area (Å²) in [5.41, 5.74) is 0.0768. The van der Waals surface area contributed by atoms with E-state index in [1.165, 1.54) is 0 Å². The van der Waals surface area contributed by atoms with E-state index >= 15 is 0 Å². The van der Waals surface area contributed by atoms with Crippen LogP contribution in [0.1, 0.15) is 32.6 Å². The summed E-state index contributed by atoms with van der Waals surface area (Å²) >= 11 is 0. The van der Waals surface area contributed by atoms with Crippen LogP contribution in [0.5, 0.6) is 0 Å². The minimum absolute atomic E-state index is 0. The summed E-state index contributed by atoms with van der Waals surface area (Å²) in [6.07, 6.45) is 4.22. The highest BCUT2D eigenvalue weighted by Gasteiger charge is 2.34. The van der Waals surface area contributed by atoms with E-state index in [0.29, 0.717) is 0 Å². The first-order valence-electron chi connectivity index (χ1n) is 9.12. The lowest BCUT2D eigenvalue weighted by molar-refractivity contribution is -0.128. The highest BCUT2D eigenvalue weighted by Crippen LogP contribution is 2.24. The molecular formula is C17H34IN5O2. The fraction of sp³-hybridized carbons (Fsp3) is 0.882. The predicted octanol–water partition coefficient (Wildman–Crippen LogP) is 0.893. The molecule has 0 aromatic rings. The zero-order chi connectivity index (χ0) is 17.4. The number of carbonyl (C=O) groups excluding carboxylic acids is 1. The number of hydrogen-bond donors (Lipinski definition) is 2. The van der Waals surface area contributed by atoms with Crippen LogP contribution in [-0.2, 0) is 9.53 Å². The number of guanidine groups is 1. The van der Waals surface area contributed by atoms with Gasteiger partial charge in [-0.25, -0.2) is 4.99 Å². The van der Waals surface area contributed by atoms with Gasteiger partial charge in [0.1, 0.15) is 6.54 Å². The molecule has 2 fully saturated rings. The Balaban J connectivity index is 0.00000312. The Bertz CT molecular complexity index is 433. The van der Waals surface area contributed by atoms with Gasteiger partial charge >= 0.3 is 0 Å². The van der Waals surface area contributed by atoms with Crippen molar-refractivity contribution in [1.29, 1.82) is 0 Å². The Morgan fingerprint density at radius 3 is 2.40 bits per heavy atom. The van der Waals surface area contributed by atoms with Crippen LogP contribution in [0.25, 0.3) is 0 Å². The van der Waals surface area contributed by atoms with Gasteiger partial charge in [-0.05, 0) is 46.7 Å². The molecule has 0 aromatic carbocycles. The third-order valence-electron chi connectivity index (χ3n) is 5.13. The molecule has 0 unspecified atom stereocenters. The first-order chi connectivity index (χ1) is 11.6. The monoisotopic (exact) mass is 467 g/mol. The number of rotatable bonds is 6. The number of nitrogens with zero attached hydrogens (tertiary/aromatic N) is 3. The van der Waals surface area contributed by atoms with Crippen LogP contribution >= 0.6 is 24.0 Å². The highest BCUT2D eigenvalue weighted by atomic mass is 127. The lowest BCUT2D eigenvalue weighted by Gasteiger charge is -2.43. The van der Waals surface area contributed by atoms with E-state index in [0.717, 1.165) is 71.0 Å². The third-order valence-corrected chi connectivity index (χ3v) is 5.13. The standard InChI is InChI=1S/C17H33N5O2.HI/c1-4-18-16(19-13-15(23)22-9-5-6-10-22)20-14-17(21(2)3)7-11-24-12-8-17;/h4-14H2,1-3H3,(H2,18,19,20);1H. The van der Waals surface area contributed by atoms with E-state index < -0.39 is 0 Å². The van der Waals surface area contributed by atoms with Crippen LogP contribution in [-0.4, -0.2) is 87.2 Å². The zero-order valence-corrected chi connectivity index (χ0v) is 18.2. The number of halogens is 1. The molecule has 0 saturated carbocycles. The molecule has 8 heteroatoms. The molecule has 25 heavy (non-hydrogen) atoms. The molecule has 0 spiro atoms. The molecule has 0 aromatic heterocycles. The van der Waals surface area contributed by atoms with Crippen molar-refractivity contribution in [2.24, 2.45) is 4.99 Å². The summed E-state index contributed by atoms with van der Waals surface area (Å²) in [4.78, 5) is 20.8. The quantitative estimate of drug-likeness (QED) is 0.345. The van der Waals surface area contributed by atoms with E-state index in [4.69, 9.17) is 4.74 Å². The van der Waals surface area contributed by atoms with Gasteiger partial charge < -0.3 is 25.2 Å². The van der Waals surface area contributed by atoms with Crippen molar-refractivity contribution < 1.29 is 9.53 Å². The summed E-state index contributed by atoms with van der Waals surface area (Å²) in [5, 5.41) is 6.67. The van der Waals surface area contributed by atoms with E-state index in [2.05, 4.69) is 34.6 Å². The normalized spacial score (nSPS) is 20.3. The largest absolute Gasteiger partial charge is 0.381 e. The molecule has 146 valence electrons. The number of ether oxygens (including phenoxy) is 1. The summed E-state index contributed by atoms with van der Waals surface area (Å²) < 4.78 is 5.51. The highest BCUT2D eigenvalue weighted by molar-refractivity contribution is 14.0. The molecule has 2 saturated heterocycles. The maximum absolute atomic E-state index is 12.2. The Morgan fingerprint density at radius 1 is 1.20 bits per heavy atom. The van der Waals surface area contributed by atoms with Gasteiger partial charge in [-0.3, -0.25) is 4.79 Å². The second-order valence-electron chi connectivity index (χ2n) is 6.87. The van der Waals surface area contributed by atoms with Crippen molar-refractivity contribution in [3.8, 4) is 0 Å². The van der Waals surface area contributed by atoms with Gasteiger partial charge in [0.25, 0.3) is 0 Å². The second kappa shape index (κ2) is 11.2. The van der Waals surface area contributed by atoms with Crippen LogP contribution in [0.15, 0.2) is 4.99 Å². The molecule has 2 heterocycles. The molecule has 2 rings (SSSR count). The molecule has 0 radical (unpaired) electrons.